The first-order valence-electron chi connectivity index (χ1n) is 7.55. The fourth-order valence-corrected chi connectivity index (χ4v) is 2.80. The Balaban J connectivity index is 1.73. The number of carbonyl (C=O) groups is 1. The number of rotatable bonds is 5. The van der Waals surface area contributed by atoms with E-state index in [0.717, 1.165) is 13.0 Å². The van der Waals surface area contributed by atoms with Crippen molar-refractivity contribution in [3.8, 4) is 0 Å². The van der Waals surface area contributed by atoms with Gasteiger partial charge in [-0.25, -0.2) is 0 Å². The Kier molecular flexibility index (Phi) is 4.69. The van der Waals surface area contributed by atoms with Crippen LogP contribution in [-0.4, -0.2) is 47.7 Å². The van der Waals surface area contributed by atoms with E-state index in [1.54, 1.807) is 0 Å². The summed E-state index contributed by atoms with van der Waals surface area (Å²) in [5, 5.41) is 13.3. The normalized spacial score (nSPS) is 25.0. The Labute approximate surface area is 127 Å². The Hall–Kier alpha value is -1.39. The Morgan fingerprint density at radius 1 is 1.24 bits per heavy atom. The van der Waals surface area contributed by atoms with Crippen LogP contribution in [0, 0.1) is 5.41 Å². The first-order valence-corrected chi connectivity index (χ1v) is 7.55. The minimum atomic E-state index is -0.739. The molecule has 1 heterocycles. The number of nitrogens with one attached hydrogen (secondary N) is 1. The van der Waals surface area contributed by atoms with Gasteiger partial charge in [-0.2, -0.15) is 0 Å². The SMILES string of the molecule is CC1(C)CN(CC(=O)NCCc2ccccc2)CC1(C)O. The Morgan fingerprint density at radius 3 is 2.48 bits per heavy atom. The highest BCUT2D eigenvalue weighted by molar-refractivity contribution is 5.78. The molecule has 4 heteroatoms. The maximum absolute atomic E-state index is 12.0. The third-order valence-electron chi connectivity index (χ3n) is 4.55. The highest BCUT2D eigenvalue weighted by atomic mass is 16.3. The van der Waals surface area contributed by atoms with E-state index in [0.29, 0.717) is 19.6 Å². The number of likely N-dealkylation sites (tertiary alicyclic amines) is 1. The molecule has 1 unspecified atom stereocenters. The van der Waals surface area contributed by atoms with Gasteiger partial charge in [-0.05, 0) is 18.9 Å². The minimum absolute atomic E-state index is 0.0273. The van der Waals surface area contributed by atoms with E-state index in [2.05, 4.69) is 17.4 Å². The predicted molar refractivity (Wildman–Crippen MR) is 84.0 cm³/mol. The van der Waals surface area contributed by atoms with E-state index in [1.165, 1.54) is 5.56 Å². The maximum Gasteiger partial charge on any atom is 0.234 e. The second-order valence-electron chi connectivity index (χ2n) is 6.89. The number of hydrogen-bond donors (Lipinski definition) is 2. The molecule has 116 valence electrons. The smallest absolute Gasteiger partial charge is 0.234 e. The second-order valence-corrected chi connectivity index (χ2v) is 6.89. The van der Waals surface area contributed by atoms with E-state index < -0.39 is 5.60 Å². The molecule has 0 saturated carbocycles. The van der Waals surface area contributed by atoms with Crippen molar-refractivity contribution in [1.29, 1.82) is 0 Å². The van der Waals surface area contributed by atoms with Gasteiger partial charge in [0.25, 0.3) is 0 Å². The average Bonchev–Trinajstić information content (AvgIpc) is 2.58. The summed E-state index contributed by atoms with van der Waals surface area (Å²) in [4.78, 5) is 14.0. The number of aliphatic hydroxyl groups is 1. The van der Waals surface area contributed by atoms with Crippen LogP contribution in [0.2, 0.25) is 0 Å². The standard InChI is InChI=1S/C17H26N2O2/c1-16(2)12-19(13-17(16,3)21)11-15(20)18-10-9-14-7-5-4-6-8-14/h4-8,21H,9-13H2,1-3H3,(H,18,20). The van der Waals surface area contributed by atoms with Crippen molar-refractivity contribution in [2.24, 2.45) is 5.41 Å². The summed E-state index contributed by atoms with van der Waals surface area (Å²) in [5.74, 6) is 0.0273. The third kappa shape index (κ3) is 4.05. The Bertz CT molecular complexity index is 467. The van der Waals surface area contributed by atoms with Crippen molar-refractivity contribution < 1.29 is 9.90 Å². The van der Waals surface area contributed by atoms with Crippen molar-refractivity contribution in [2.75, 3.05) is 26.2 Å². The molecule has 1 amide bonds. The van der Waals surface area contributed by atoms with Gasteiger partial charge in [0.05, 0.1) is 12.1 Å². The molecular formula is C17H26N2O2. The van der Waals surface area contributed by atoms with Crippen molar-refractivity contribution in [2.45, 2.75) is 32.8 Å². The molecule has 1 aliphatic rings. The lowest BCUT2D eigenvalue weighted by atomic mass is 9.79. The summed E-state index contributed by atoms with van der Waals surface area (Å²) < 4.78 is 0. The summed E-state index contributed by atoms with van der Waals surface area (Å²) in [5.41, 5.74) is 0.303. The number of amides is 1. The van der Waals surface area contributed by atoms with E-state index in [9.17, 15) is 9.90 Å². The molecule has 0 radical (unpaired) electrons. The first-order chi connectivity index (χ1) is 9.80. The van der Waals surface area contributed by atoms with Gasteiger partial charge in [-0.1, -0.05) is 44.2 Å². The van der Waals surface area contributed by atoms with Gasteiger partial charge in [0, 0.05) is 25.0 Å². The lowest BCUT2D eigenvalue weighted by Crippen LogP contribution is -2.40. The number of nitrogens with zero attached hydrogens (tertiary/aromatic N) is 1. The van der Waals surface area contributed by atoms with E-state index in [1.807, 2.05) is 43.9 Å². The summed E-state index contributed by atoms with van der Waals surface area (Å²) in [7, 11) is 0. The molecule has 1 aromatic carbocycles. The van der Waals surface area contributed by atoms with Crippen LogP contribution in [0.5, 0.6) is 0 Å². The van der Waals surface area contributed by atoms with Crippen LogP contribution >= 0.6 is 0 Å². The summed E-state index contributed by atoms with van der Waals surface area (Å²) >= 11 is 0. The highest BCUT2D eigenvalue weighted by Crippen LogP contribution is 2.37. The number of hydrogen-bond acceptors (Lipinski definition) is 3. The molecule has 4 nitrogen and oxygen atoms in total. The van der Waals surface area contributed by atoms with Gasteiger partial charge in [0.15, 0.2) is 0 Å². The van der Waals surface area contributed by atoms with Gasteiger partial charge < -0.3 is 10.4 Å². The third-order valence-corrected chi connectivity index (χ3v) is 4.55. The molecule has 2 N–H and O–H groups in total. The molecule has 1 aliphatic heterocycles. The zero-order chi connectivity index (χ0) is 15.5. The summed E-state index contributed by atoms with van der Waals surface area (Å²) in [6, 6.07) is 10.1. The number of benzene rings is 1. The van der Waals surface area contributed by atoms with Crippen LogP contribution in [-0.2, 0) is 11.2 Å². The number of β-amino-alcohol motifs (C(OH)–C–C–N with tert-alkyl or cyclic N) is 1. The van der Waals surface area contributed by atoms with Crippen LogP contribution in [0.25, 0.3) is 0 Å². The lowest BCUT2D eigenvalue weighted by molar-refractivity contribution is -0.122. The van der Waals surface area contributed by atoms with Crippen LogP contribution < -0.4 is 5.32 Å². The molecule has 1 atom stereocenters. The highest BCUT2D eigenvalue weighted by Gasteiger charge is 2.47. The van der Waals surface area contributed by atoms with Crippen LogP contribution in [0.1, 0.15) is 26.3 Å². The van der Waals surface area contributed by atoms with Crippen molar-refractivity contribution in [1.82, 2.24) is 10.2 Å². The molecule has 1 fully saturated rings. The van der Waals surface area contributed by atoms with Crippen molar-refractivity contribution >= 4 is 5.91 Å². The van der Waals surface area contributed by atoms with Gasteiger partial charge in [0.1, 0.15) is 0 Å². The quantitative estimate of drug-likeness (QED) is 0.863. The number of carbonyl (C=O) groups excluding carboxylic acids is 1. The topological polar surface area (TPSA) is 52.6 Å². The fourth-order valence-electron chi connectivity index (χ4n) is 2.80. The van der Waals surface area contributed by atoms with Crippen LogP contribution in [0.3, 0.4) is 0 Å². The molecule has 1 saturated heterocycles. The molecule has 21 heavy (non-hydrogen) atoms. The molecule has 0 aromatic heterocycles. The predicted octanol–water partition coefficient (Wildman–Crippen LogP) is 1.44. The first kappa shape index (κ1) is 16.0. The second kappa shape index (κ2) is 6.16. The largest absolute Gasteiger partial charge is 0.388 e. The van der Waals surface area contributed by atoms with Crippen molar-refractivity contribution in [3.05, 3.63) is 35.9 Å². The molecule has 2 rings (SSSR count). The van der Waals surface area contributed by atoms with Crippen LogP contribution in [0.4, 0.5) is 0 Å². The van der Waals surface area contributed by atoms with Crippen LogP contribution in [0.15, 0.2) is 30.3 Å². The molecule has 1 aromatic rings. The van der Waals surface area contributed by atoms with Gasteiger partial charge in [-0.15, -0.1) is 0 Å². The van der Waals surface area contributed by atoms with Gasteiger partial charge in [-0.3, -0.25) is 9.69 Å². The monoisotopic (exact) mass is 290 g/mol. The van der Waals surface area contributed by atoms with E-state index >= 15 is 0 Å². The Morgan fingerprint density at radius 2 is 1.90 bits per heavy atom. The zero-order valence-electron chi connectivity index (χ0n) is 13.2. The van der Waals surface area contributed by atoms with Crippen molar-refractivity contribution in [3.63, 3.8) is 0 Å². The molecule has 0 aliphatic carbocycles. The minimum Gasteiger partial charge on any atom is -0.388 e. The molecule has 0 spiro atoms. The molecular weight excluding hydrogens is 264 g/mol. The van der Waals surface area contributed by atoms with Gasteiger partial charge in [0.2, 0.25) is 5.91 Å². The van der Waals surface area contributed by atoms with Gasteiger partial charge >= 0.3 is 0 Å². The zero-order valence-corrected chi connectivity index (χ0v) is 13.2. The summed E-state index contributed by atoms with van der Waals surface area (Å²) in [6.45, 7) is 8.23. The lowest BCUT2D eigenvalue weighted by Gasteiger charge is -2.31. The maximum atomic E-state index is 12.0. The fraction of sp³-hybridized carbons (Fsp3) is 0.588. The summed E-state index contributed by atoms with van der Waals surface area (Å²) in [6.07, 6.45) is 0.843. The molecule has 0 bridgehead atoms. The van der Waals surface area contributed by atoms with E-state index in [4.69, 9.17) is 0 Å². The average molecular weight is 290 g/mol. The van der Waals surface area contributed by atoms with E-state index in [-0.39, 0.29) is 11.3 Å².